The normalized spacial score (nSPS) is 18.4. The summed E-state index contributed by atoms with van der Waals surface area (Å²) in [7, 11) is 1.00. The SMILES string of the molecule is COC(=O)c1cc(C(=O)N2CC[C@H](O)C2)cc(C(F)(F)F)n1. The molecule has 6 nitrogen and oxygen atoms in total. The molecule has 22 heavy (non-hydrogen) atoms. The first-order valence-electron chi connectivity index (χ1n) is 6.37. The second-order valence-electron chi connectivity index (χ2n) is 4.81. The van der Waals surface area contributed by atoms with Gasteiger partial charge in [-0.25, -0.2) is 9.78 Å². The van der Waals surface area contributed by atoms with Crippen molar-refractivity contribution in [3.8, 4) is 0 Å². The molecule has 1 aliphatic heterocycles. The maximum Gasteiger partial charge on any atom is 0.433 e. The van der Waals surface area contributed by atoms with Gasteiger partial charge in [0.1, 0.15) is 11.4 Å². The Labute approximate surface area is 123 Å². The number of aliphatic hydroxyl groups excluding tert-OH is 1. The van der Waals surface area contributed by atoms with Crippen molar-refractivity contribution in [1.29, 1.82) is 0 Å². The quantitative estimate of drug-likeness (QED) is 0.826. The molecule has 2 heterocycles. The van der Waals surface area contributed by atoms with Gasteiger partial charge in [-0.2, -0.15) is 13.2 Å². The molecule has 1 aromatic heterocycles. The largest absolute Gasteiger partial charge is 0.464 e. The summed E-state index contributed by atoms with van der Waals surface area (Å²) in [5.41, 5.74) is -2.27. The highest BCUT2D eigenvalue weighted by atomic mass is 19.4. The zero-order chi connectivity index (χ0) is 16.5. The predicted octanol–water partition coefficient (Wildman–Crippen LogP) is 1.09. The minimum atomic E-state index is -4.80. The first-order valence-corrected chi connectivity index (χ1v) is 6.37. The van der Waals surface area contributed by atoms with Gasteiger partial charge in [-0.3, -0.25) is 4.79 Å². The van der Waals surface area contributed by atoms with Gasteiger partial charge in [0, 0.05) is 18.7 Å². The van der Waals surface area contributed by atoms with Crippen molar-refractivity contribution in [2.24, 2.45) is 0 Å². The van der Waals surface area contributed by atoms with E-state index in [4.69, 9.17) is 0 Å². The number of amides is 1. The molecule has 0 radical (unpaired) electrons. The Kier molecular flexibility index (Phi) is 4.36. The molecule has 1 amide bonds. The maximum atomic E-state index is 12.8. The van der Waals surface area contributed by atoms with Gasteiger partial charge in [0.15, 0.2) is 0 Å². The number of methoxy groups -OCH3 is 1. The number of likely N-dealkylation sites (tertiary alicyclic amines) is 1. The van der Waals surface area contributed by atoms with Crippen molar-refractivity contribution >= 4 is 11.9 Å². The van der Waals surface area contributed by atoms with Crippen LogP contribution in [0.5, 0.6) is 0 Å². The number of carbonyl (C=O) groups excluding carboxylic acids is 2. The van der Waals surface area contributed by atoms with Crippen molar-refractivity contribution < 1.29 is 32.6 Å². The van der Waals surface area contributed by atoms with E-state index in [1.165, 1.54) is 4.90 Å². The number of alkyl halides is 3. The summed E-state index contributed by atoms with van der Waals surface area (Å²) in [6.45, 7) is 0.271. The van der Waals surface area contributed by atoms with Crippen LogP contribution in [0, 0.1) is 0 Å². The van der Waals surface area contributed by atoms with Gasteiger partial charge in [-0.15, -0.1) is 0 Å². The van der Waals surface area contributed by atoms with E-state index in [9.17, 15) is 27.9 Å². The Hall–Kier alpha value is -2.16. The van der Waals surface area contributed by atoms with Crippen molar-refractivity contribution in [3.63, 3.8) is 0 Å². The lowest BCUT2D eigenvalue weighted by atomic mass is 10.1. The average molecular weight is 318 g/mol. The van der Waals surface area contributed by atoms with Crippen LogP contribution in [0.25, 0.3) is 0 Å². The molecule has 1 atom stereocenters. The van der Waals surface area contributed by atoms with Crippen LogP contribution >= 0.6 is 0 Å². The van der Waals surface area contributed by atoms with Crippen LogP contribution in [0.3, 0.4) is 0 Å². The Balaban J connectivity index is 2.41. The number of aromatic nitrogens is 1. The summed E-state index contributed by atoms with van der Waals surface area (Å²) in [4.78, 5) is 28.0. The average Bonchev–Trinajstić information content (AvgIpc) is 2.90. The monoisotopic (exact) mass is 318 g/mol. The van der Waals surface area contributed by atoms with E-state index >= 15 is 0 Å². The Morgan fingerprint density at radius 2 is 2.09 bits per heavy atom. The van der Waals surface area contributed by atoms with E-state index in [2.05, 4.69) is 9.72 Å². The molecule has 9 heteroatoms. The third kappa shape index (κ3) is 3.35. The summed E-state index contributed by atoms with van der Waals surface area (Å²) in [6.07, 6.45) is -5.15. The number of rotatable bonds is 2. The standard InChI is InChI=1S/C13H13F3N2O4/c1-22-12(21)9-4-7(5-10(17-9)13(14,15)16)11(20)18-3-2-8(19)6-18/h4-5,8,19H,2-3,6H2,1H3/t8-/m0/s1. The molecule has 1 aromatic rings. The first kappa shape index (κ1) is 16.2. The number of nitrogens with zero attached hydrogens (tertiary/aromatic N) is 2. The van der Waals surface area contributed by atoms with Gasteiger partial charge in [0.2, 0.25) is 0 Å². The predicted molar refractivity (Wildman–Crippen MR) is 67.1 cm³/mol. The molecule has 0 unspecified atom stereocenters. The van der Waals surface area contributed by atoms with Gasteiger partial charge < -0.3 is 14.7 Å². The van der Waals surface area contributed by atoms with Gasteiger partial charge >= 0.3 is 12.1 Å². The molecule has 0 saturated carbocycles. The lowest BCUT2D eigenvalue weighted by Crippen LogP contribution is -2.30. The fraction of sp³-hybridized carbons (Fsp3) is 0.462. The minimum absolute atomic E-state index is 0.0378. The second-order valence-corrected chi connectivity index (χ2v) is 4.81. The van der Waals surface area contributed by atoms with Gasteiger partial charge in [-0.1, -0.05) is 0 Å². The van der Waals surface area contributed by atoms with Crippen molar-refractivity contribution in [1.82, 2.24) is 9.88 Å². The number of aliphatic hydroxyl groups is 1. The minimum Gasteiger partial charge on any atom is -0.464 e. The molecule has 0 aliphatic carbocycles. The van der Waals surface area contributed by atoms with Crippen LogP contribution in [0.15, 0.2) is 12.1 Å². The Morgan fingerprint density at radius 3 is 2.59 bits per heavy atom. The number of halogens is 3. The number of carbonyl (C=O) groups is 2. The molecule has 1 aliphatic rings. The lowest BCUT2D eigenvalue weighted by molar-refractivity contribution is -0.141. The highest BCUT2D eigenvalue weighted by Crippen LogP contribution is 2.29. The zero-order valence-corrected chi connectivity index (χ0v) is 11.6. The number of pyridine rings is 1. The first-order chi connectivity index (χ1) is 10.2. The van der Waals surface area contributed by atoms with Crippen molar-refractivity contribution in [2.75, 3.05) is 20.2 Å². The van der Waals surface area contributed by atoms with Crippen LogP contribution in [0.4, 0.5) is 13.2 Å². The summed E-state index contributed by atoms with van der Waals surface area (Å²) < 4.78 is 42.9. The smallest absolute Gasteiger partial charge is 0.433 e. The molecule has 1 N–H and O–H groups in total. The molecule has 1 fully saturated rings. The van der Waals surface area contributed by atoms with Crippen LogP contribution in [0.2, 0.25) is 0 Å². The number of hydrogen-bond acceptors (Lipinski definition) is 5. The van der Waals surface area contributed by atoms with Crippen LogP contribution in [-0.4, -0.2) is 53.2 Å². The fourth-order valence-corrected chi connectivity index (χ4v) is 2.12. The third-order valence-corrected chi connectivity index (χ3v) is 3.21. The molecule has 0 aromatic carbocycles. The van der Waals surface area contributed by atoms with Crippen molar-refractivity contribution in [3.05, 3.63) is 29.1 Å². The van der Waals surface area contributed by atoms with E-state index in [0.717, 1.165) is 13.2 Å². The Morgan fingerprint density at radius 1 is 1.41 bits per heavy atom. The second kappa shape index (κ2) is 5.91. The molecule has 120 valence electrons. The summed E-state index contributed by atoms with van der Waals surface area (Å²) in [6, 6.07) is 1.54. The van der Waals surface area contributed by atoms with E-state index in [0.29, 0.717) is 12.5 Å². The fourth-order valence-electron chi connectivity index (χ4n) is 2.12. The van der Waals surface area contributed by atoms with Crippen LogP contribution < -0.4 is 0 Å². The van der Waals surface area contributed by atoms with E-state index in [-0.39, 0.29) is 18.7 Å². The summed E-state index contributed by atoms with van der Waals surface area (Å²) in [5.74, 6) is -1.77. The van der Waals surface area contributed by atoms with Crippen molar-refractivity contribution in [2.45, 2.75) is 18.7 Å². The number of ether oxygens (including phenoxy) is 1. The van der Waals surface area contributed by atoms with Gasteiger partial charge in [-0.05, 0) is 18.6 Å². The molecular formula is C13H13F3N2O4. The third-order valence-electron chi connectivity index (χ3n) is 3.21. The molecule has 2 rings (SSSR count). The van der Waals surface area contributed by atoms with Gasteiger partial charge in [0.25, 0.3) is 5.91 Å². The highest BCUT2D eigenvalue weighted by molar-refractivity contribution is 5.97. The van der Waals surface area contributed by atoms with Gasteiger partial charge in [0.05, 0.1) is 13.2 Å². The highest BCUT2D eigenvalue weighted by Gasteiger charge is 2.35. The lowest BCUT2D eigenvalue weighted by Gasteiger charge is -2.17. The van der Waals surface area contributed by atoms with E-state index < -0.39 is 35.5 Å². The molecule has 0 spiro atoms. The summed E-state index contributed by atoms with van der Waals surface area (Å²) in [5, 5.41) is 9.40. The number of esters is 1. The van der Waals surface area contributed by atoms with E-state index in [1.54, 1.807) is 0 Å². The molecule has 0 bridgehead atoms. The number of β-amino-alcohol motifs (C(OH)–C–C–N with tert-alkyl or cyclic N) is 1. The topological polar surface area (TPSA) is 79.7 Å². The number of hydrogen-bond donors (Lipinski definition) is 1. The van der Waals surface area contributed by atoms with Crippen LogP contribution in [0.1, 0.15) is 33.0 Å². The van der Waals surface area contributed by atoms with Crippen LogP contribution in [-0.2, 0) is 10.9 Å². The zero-order valence-electron chi connectivity index (χ0n) is 11.6. The molecular weight excluding hydrogens is 305 g/mol. The summed E-state index contributed by atoms with van der Waals surface area (Å²) >= 11 is 0. The molecule has 1 saturated heterocycles. The Bertz CT molecular complexity index is 603. The maximum absolute atomic E-state index is 12.8. The van der Waals surface area contributed by atoms with E-state index in [1.807, 2.05) is 0 Å².